The fourth-order valence-electron chi connectivity index (χ4n) is 2.99. The van der Waals surface area contributed by atoms with Crippen molar-refractivity contribution in [3.63, 3.8) is 0 Å². The van der Waals surface area contributed by atoms with E-state index in [4.69, 9.17) is 4.74 Å². The summed E-state index contributed by atoms with van der Waals surface area (Å²) in [5, 5.41) is 5.60. The van der Waals surface area contributed by atoms with E-state index in [2.05, 4.69) is 22.8 Å². The van der Waals surface area contributed by atoms with Crippen LogP contribution >= 0.6 is 0 Å². The first kappa shape index (κ1) is 13.1. The number of hydrogen-bond acceptors (Lipinski definition) is 4. The molecule has 2 aliphatic heterocycles. The van der Waals surface area contributed by atoms with Crippen LogP contribution in [0.2, 0.25) is 0 Å². The van der Waals surface area contributed by atoms with Crippen molar-refractivity contribution in [2.24, 2.45) is 5.92 Å². The van der Waals surface area contributed by atoms with Gasteiger partial charge >= 0.3 is 0 Å². The van der Waals surface area contributed by atoms with Gasteiger partial charge in [-0.2, -0.15) is 0 Å². The molecule has 3 atom stereocenters. The topological polar surface area (TPSA) is 67.4 Å². The highest BCUT2D eigenvalue weighted by atomic mass is 16.5. The largest absolute Gasteiger partial charge is 0.501 e. The van der Waals surface area contributed by atoms with Gasteiger partial charge in [-0.05, 0) is 18.4 Å². The summed E-state index contributed by atoms with van der Waals surface area (Å²) in [7, 11) is 1.69. The van der Waals surface area contributed by atoms with Gasteiger partial charge in [0.05, 0.1) is 18.8 Å². The van der Waals surface area contributed by atoms with E-state index in [1.165, 1.54) is 0 Å². The Morgan fingerprint density at radius 2 is 2.15 bits per heavy atom. The van der Waals surface area contributed by atoms with Crippen LogP contribution in [-0.4, -0.2) is 31.0 Å². The average molecular weight is 274 g/mol. The highest BCUT2D eigenvalue weighted by molar-refractivity contribution is 6.08. The number of rotatable bonds is 3. The van der Waals surface area contributed by atoms with Gasteiger partial charge in [0.2, 0.25) is 11.8 Å². The summed E-state index contributed by atoms with van der Waals surface area (Å²) < 4.78 is 5.41. The Balaban J connectivity index is 1.74. The van der Waals surface area contributed by atoms with E-state index in [1.807, 2.05) is 12.2 Å². The van der Waals surface area contributed by atoms with Gasteiger partial charge in [0.25, 0.3) is 0 Å². The highest BCUT2D eigenvalue weighted by Gasteiger charge is 2.42. The quantitative estimate of drug-likeness (QED) is 0.590. The molecule has 2 amide bonds. The summed E-state index contributed by atoms with van der Waals surface area (Å²) in [5.74, 6) is 0.208. The second-order valence-corrected chi connectivity index (χ2v) is 5.31. The zero-order chi connectivity index (χ0) is 14.1. The van der Waals surface area contributed by atoms with Crippen LogP contribution in [0.5, 0.6) is 0 Å². The maximum atomic E-state index is 11.7. The third-order valence-electron chi connectivity index (χ3n) is 4.04. The van der Waals surface area contributed by atoms with Crippen LogP contribution in [0.3, 0.4) is 0 Å². The van der Waals surface area contributed by atoms with Gasteiger partial charge in [-0.15, -0.1) is 0 Å². The zero-order valence-electron chi connectivity index (χ0n) is 11.4. The molecule has 0 aromatic heterocycles. The van der Waals surface area contributed by atoms with Crippen LogP contribution in [-0.2, 0) is 14.3 Å². The standard InChI is InChI=1S/C15H18N2O3/c1-20-12-5-3-2-4-9(12)8-10-6-7-11-13(16-10)15(19)17-14(11)18/h2,4,6-7,10-11,13,16H,3,5,8H2,1H3,(H,17,18,19). The second kappa shape index (κ2) is 5.25. The van der Waals surface area contributed by atoms with Gasteiger partial charge in [0.1, 0.15) is 6.04 Å². The molecule has 0 saturated carbocycles. The van der Waals surface area contributed by atoms with Crippen molar-refractivity contribution in [1.82, 2.24) is 10.6 Å². The zero-order valence-corrected chi connectivity index (χ0v) is 11.4. The Kier molecular flexibility index (Phi) is 3.44. The van der Waals surface area contributed by atoms with Crippen LogP contribution in [0.15, 0.2) is 35.6 Å². The van der Waals surface area contributed by atoms with E-state index in [9.17, 15) is 9.59 Å². The predicted octanol–water partition coefficient (Wildman–Crippen LogP) is 0.796. The fraction of sp³-hybridized carbons (Fsp3) is 0.467. The molecule has 3 aliphatic rings. The number of fused-ring (bicyclic) bond motifs is 1. The van der Waals surface area contributed by atoms with Crippen LogP contribution in [0.1, 0.15) is 19.3 Å². The second-order valence-electron chi connectivity index (χ2n) is 5.31. The molecule has 3 unspecified atom stereocenters. The lowest BCUT2D eigenvalue weighted by atomic mass is 9.91. The predicted molar refractivity (Wildman–Crippen MR) is 73.5 cm³/mol. The number of allylic oxidation sites excluding steroid dienone is 3. The molecule has 106 valence electrons. The Morgan fingerprint density at radius 1 is 1.30 bits per heavy atom. The van der Waals surface area contributed by atoms with Gasteiger partial charge in [-0.25, -0.2) is 0 Å². The van der Waals surface area contributed by atoms with Crippen molar-refractivity contribution in [2.75, 3.05) is 7.11 Å². The molecule has 0 spiro atoms. The Morgan fingerprint density at radius 3 is 2.95 bits per heavy atom. The van der Waals surface area contributed by atoms with Gasteiger partial charge in [-0.3, -0.25) is 20.2 Å². The lowest BCUT2D eigenvalue weighted by Crippen LogP contribution is -2.47. The van der Waals surface area contributed by atoms with Crippen molar-refractivity contribution in [3.8, 4) is 0 Å². The Hall–Kier alpha value is -1.88. The molecule has 20 heavy (non-hydrogen) atoms. The first-order valence-electron chi connectivity index (χ1n) is 6.90. The molecule has 0 bridgehead atoms. The number of amides is 2. The third-order valence-corrected chi connectivity index (χ3v) is 4.04. The first-order chi connectivity index (χ1) is 9.69. The minimum absolute atomic E-state index is 0.0517. The van der Waals surface area contributed by atoms with Gasteiger partial charge in [0, 0.05) is 12.5 Å². The highest BCUT2D eigenvalue weighted by Crippen LogP contribution is 2.26. The average Bonchev–Trinajstić information content (AvgIpc) is 2.74. The maximum absolute atomic E-state index is 11.7. The molecule has 0 radical (unpaired) electrons. The van der Waals surface area contributed by atoms with Gasteiger partial charge in [0.15, 0.2) is 0 Å². The first-order valence-corrected chi connectivity index (χ1v) is 6.90. The number of carbonyl (C=O) groups excluding carboxylic acids is 2. The van der Waals surface area contributed by atoms with E-state index in [1.54, 1.807) is 7.11 Å². The number of imide groups is 1. The van der Waals surface area contributed by atoms with Crippen LogP contribution in [0.4, 0.5) is 0 Å². The Labute approximate surface area is 117 Å². The molecule has 2 heterocycles. The lowest BCUT2D eigenvalue weighted by molar-refractivity contribution is -0.125. The lowest BCUT2D eigenvalue weighted by Gasteiger charge is -2.27. The molecular weight excluding hydrogens is 256 g/mol. The van der Waals surface area contributed by atoms with Crippen molar-refractivity contribution in [3.05, 3.63) is 35.6 Å². The Bertz CT molecular complexity index is 533. The molecule has 1 aliphatic carbocycles. The normalized spacial score (nSPS) is 32.4. The molecule has 0 aromatic carbocycles. The third kappa shape index (κ3) is 2.29. The molecule has 0 aromatic rings. The van der Waals surface area contributed by atoms with Gasteiger partial charge in [-0.1, -0.05) is 24.3 Å². The molecule has 2 N–H and O–H groups in total. The molecule has 5 nitrogen and oxygen atoms in total. The summed E-state index contributed by atoms with van der Waals surface area (Å²) in [5.41, 5.74) is 1.16. The smallest absolute Gasteiger partial charge is 0.244 e. The summed E-state index contributed by atoms with van der Waals surface area (Å²) in [6, 6.07) is -0.382. The number of methoxy groups -OCH3 is 1. The van der Waals surface area contributed by atoms with E-state index < -0.39 is 6.04 Å². The van der Waals surface area contributed by atoms with E-state index >= 15 is 0 Å². The SMILES string of the molecule is COC1=C(CC2C=CC3C(=O)NC(=O)C3N2)C=CCC1. The molecule has 1 saturated heterocycles. The summed E-state index contributed by atoms with van der Waals surface area (Å²) in [4.78, 5) is 23.2. The number of ether oxygens (including phenoxy) is 1. The van der Waals surface area contributed by atoms with Crippen LogP contribution in [0.25, 0.3) is 0 Å². The monoisotopic (exact) mass is 274 g/mol. The number of carbonyl (C=O) groups is 2. The molecule has 3 rings (SSSR count). The van der Waals surface area contributed by atoms with Crippen molar-refractivity contribution in [1.29, 1.82) is 0 Å². The molecular formula is C15H18N2O3. The number of hydrogen-bond donors (Lipinski definition) is 2. The van der Waals surface area contributed by atoms with Gasteiger partial charge < -0.3 is 4.74 Å². The van der Waals surface area contributed by atoms with E-state index in [0.717, 1.165) is 30.6 Å². The minimum Gasteiger partial charge on any atom is -0.501 e. The summed E-state index contributed by atoms with van der Waals surface area (Å²) in [6.07, 6.45) is 10.7. The van der Waals surface area contributed by atoms with Crippen molar-refractivity contribution >= 4 is 11.8 Å². The van der Waals surface area contributed by atoms with Crippen LogP contribution < -0.4 is 10.6 Å². The van der Waals surface area contributed by atoms with Crippen molar-refractivity contribution < 1.29 is 14.3 Å². The summed E-state index contributed by atoms with van der Waals surface area (Å²) in [6.45, 7) is 0. The fourth-order valence-corrected chi connectivity index (χ4v) is 2.99. The minimum atomic E-state index is -0.434. The van der Waals surface area contributed by atoms with E-state index in [0.29, 0.717) is 0 Å². The number of nitrogens with one attached hydrogen (secondary N) is 2. The molecule has 1 fully saturated rings. The van der Waals surface area contributed by atoms with E-state index in [-0.39, 0.29) is 23.8 Å². The maximum Gasteiger partial charge on any atom is 0.244 e. The van der Waals surface area contributed by atoms with Crippen molar-refractivity contribution in [2.45, 2.75) is 31.3 Å². The van der Waals surface area contributed by atoms with Crippen LogP contribution in [0, 0.1) is 5.92 Å². The summed E-state index contributed by atoms with van der Waals surface area (Å²) >= 11 is 0. The molecule has 5 heteroatoms.